The first-order valence-electron chi connectivity index (χ1n) is 6.01. The van der Waals surface area contributed by atoms with Crippen molar-refractivity contribution in [1.29, 1.82) is 0 Å². The van der Waals surface area contributed by atoms with Gasteiger partial charge in [-0.1, -0.05) is 20.8 Å². The van der Waals surface area contributed by atoms with Crippen LogP contribution in [-0.4, -0.2) is 6.29 Å². The predicted octanol–water partition coefficient (Wildman–Crippen LogP) is 3.82. The summed E-state index contributed by atoms with van der Waals surface area (Å²) in [5.41, 5.74) is 0.465. The highest BCUT2D eigenvalue weighted by atomic mass is 16.1. The largest absolute Gasteiger partial charge is 0.303 e. The molecule has 0 unspecified atom stereocenters. The van der Waals surface area contributed by atoms with Crippen LogP contribution in [0.2, 0.25) is 0 Å². The molecule has 0 aromatic rings. The van der Waals surface area contributed by atoms with Crippen molar-refractivity contribution >= 4 is 6.29 Å². The molecule has 1 rings (SSSR count). The molecule has 0 bridgehead atoms. The van der Waals surface area contributed by atoms with Crippen molar-refractivity contribution in [3.8, 4) is 0 Å². The first-order chi connectivity index (χ1) is 6.57. The summed E-state index contributed by atoms with van der Waals surface area (Å²) in [6, 6.07) is 0. The highest BCUT2D eigenvalue weighted by molar-refractivity contribution is 5.49. The zero-order valence-electron chi connectivity index (χ0n) is 9.88. The Hall–Kier alpha value is -0.330. The Bertz CT molecular complexity index is 176. The molecule has 0 aliphatic heterocycles. The summed E-state index contributed by atoms with van der Waals surface area (Å²) in [7, 11) is 0. The van der Waals surface area contributed by atoms with Crippen LogP contribution in [0, 0.1) is 17.3 Å². The minimum absolute atomic E-state index is 0.465. The average Bonchev–Trinajstić information content (AvgIpc) is 2.16. The third-order valence-corrected chi connectivity index (χ3v) is 4.05. The van der Waals surface area contributed by atoms with Gasteiger partial charge >= 0.3 is 0 Å². The van der Waals surface area contributed by atoms with Crippen molar-refractivity contribution < 1.29 is 4.79 Å². The SMILES string of the molecule is CC(C)C1CCC(C)(CCC=O)CC1. The zero-order chi connectivity index (χ0) is 10.6. The Morgan fingerprint density at radius 3 is 2.36 bits per heavy atom. The van der Waals surface area contributed by atoms with Crippen LogP contribution in [-0.2, 0) is 4.79 Å². The Morgan fingerprint density at radius 1 is 1.36 bits per heavy atom. The van der Waals surface area contributed by atoms with E-state index in [-0.39, 0.29) is 0 Å². The molecule has 1 saturated carbocycles. The smallest absolute Gasteiger partial charge is 0.120 e. The van der Waals surface area contributed by atoms with Crippen LogP contribution in [0.25, 0.3) is 0 Å². The minimum Gasteiger partial charge on any atom is -0.303 e. The van der Waals surface area contributed by atoms with Crippen LogP contribution in [0.3, 0.4) is 0 Å². The first kappa shape index (κ1) is 11.7. The first-order valence-corrected chi connectivity index (χ1v) is 6.01. The van der Waals surface area contributed by atoms with Crippen molar-refractivity contribution in [2.45, 2.75) is 59.3 Å². The molecular formula is C13H24O. The molecule has 0 atom stereocenters. The molecule has 14 heavy (non-hydrogen) atoms. The molecule has 82 valence electrons. The van der Waals surface area contributed by atoms with E-state index in [1.807, 2.05) is 0 Å². The van der Waals surface area contributed by atoms with E-state index in [9.17, 15) is 4.79 Å². The van der Waals surface area contributed by atoms with Gasteiger partial charge in [-0.05, 0) is 49.4 Å². The van der Waals surface area contributed by atoms with Crippen LogP contribution >= 0.6 is 0 Å². The lowest BCUT2D eigenvalue weighted by Gasteiger charge is -2.38. The highest BCUT2D eigenvalue weighted by Crippen LogP contribution is 2.43. The van der Waals surface area contributed by atoms with Crippen LogP contribution < -0.4 is 0 Å². The van der Waals surface area contributed by atoms with Crippen LogP contribution in [0.5, 0.6) is 0 Å². The fourth-order valence-corrected chi connectivity index (χ4v) is 2.66. The second-order valence-corrected chi connectivity index (χ2v) is 5.60. The van der Waals surface area contributed by atoms with Gasteiger partial charge in [-0.15, -0.1) is 0 Å². The van der Waals surface area contributed by atoms with E-state index in [1.165, 1.54) is 25.7 Å². The van der Waals surface area contributed by atoms with Crippen molar-refractivity contribution in [2.24, 2.45) is 17.3 Å². The quantitative estimate of drug-likeness (QED) is 0.625. The number of carbonyl (C=O) groups excluding carboxylic acids is 1. The third-order valence-electron chi connectivity index (χ3n) is 4.05. The summed E-state index contributed by atoms with van der Waals surface area (Å²) in [5.74, 6) is 1.77. The van der Waals surface area contributed by atoms with E-state index in [0.29, 0.717) is 5.41 Å². The normalized spacial score (nSPS) is 33.3. The average molecular weight is 196 g/mol. The van der Waals surface area contributed by atoms with Crippen molar-refractivity contribution in [2.75, 3.05) is 0 Å². The molecular weight excluding hydrogens is 172 g/mol. The molecule has 0 saturated heterocycles. The maximum Gasteiger partial charge on any atom is 0.120 e. The van der Waals surface area contributed by atoms with Gasteiger partial charge in [0.15, 0.2) is 0 Å². The van der Waals surface area contributed by atoms with Gasteiger partial charge in [0.1, 0.15) is 6.29 Å². The Kier molecular flexibility index (Phi) is 4.15. The Labute approximate surface area is 88.3 Å². The molecule has 1 nitrogen and oxygen atoms in total. The van der Waals surface area contributed by atoms with E-state index in [1.54, 1.807) is 0 Å². The Balaban J connectivity index is 2.36. The van der Waals surface area contributed by atoms with Gasteiger partial charge in [-0.3, -0.25) is 0 Å². The van der Waals surface area contributed by atoms with Gasteiger partial charge in [0.25, 0.3) is 0 Å². The summed E-state index contributed by atoms with van der Waals surface area (Å²) < 4.78 is 0. The fourth-order valence-electron chi connectivity index (χ4n) is 2.66. The topological polar surface area (TPSA) is 17.1 Å². The van der Waals surface area contributed by atoms with Gasteiger partial charge in [0.2, 0.25) is 0 Å². The second kappa shape index (κ2) is 4.95. The molecule has 1 aliphatic rings. The molecule has 0 aromatic carbocycles. The number of rotatable bonds is 4. The van der Waals surface area contributed by atoms with E-state index >= 15 is 0 Å². The van der Waals surface area contributed by atoms with E-state index in [4.69, 9.17) is 0 Å². The molecule has 0 N–H and O–H groups in total. The van der Waals surface area contributed by atoms with Gasteiger partial charge in [0, 0.05) is 6.42 Å². The predicted molar refractivity (Wildman–Crippen MR) is 60.2 cm³/mol. The maximum atomic E-state index is 10.4. The molecule has 1 fully saturated rings. The minimum atomic E-state index is 0.465. The molecule has 0 radical (unpaired) electrons. The standard InChI is InChI=1S/C13H24O/c1-11(2)12-5-8-13(3,9-6-12)7-4-10-14/h10-12H,4-9H2,1-3H3. The lowest BCUT2D eigenvalue weighted by molar-refractivity contribution is -0.108. The third kappa shape index (κ3) is 3.11. The second-order valence-electron chi connectivity index (χ2n) is 5.60. The fraction of sp³-hybridized carbons (Fsp3) is 0.923. The zero-order valence-corrected chi connectivity index (χ0v) is 9.88. The monoisotopic (exact) mass is 196 g/mol. The maximum absolute atomic E-state index is 10.4. The molecule has 0 aromatic heterocycles. The van der Waals surface area contributed by atoms with E-state index < -0.39 is 0 Å². The molecule has 0 heterocycles. The van der Waals surface area contributed by atoms with Crippen LogP contribution in [0.4, 0.5) is 0 Å². The van der Waals surface area contributed by atoms with Crippen molar-refractivity contribution in [3.05, 3.63) is 0 Å². The number of aldehydes is 1. The van der Waals surface area contributed by atoms with Gasteiger partial charge in [-0.2, -0.15) is 0 Å². The van der Waals surface area contributed by atoms with Gasteiger partial charge in [-0.25, -0.2) is 0 Å². The summed E-state index contributed by atoms with van der Waals surface area (Å²) in [4.78, 5) is 10.4. The number of carbonyl (C=O) groups is 1. The lowest BCUT2D eigenvalue weighted by atomic mass is 9.67. The summed E-state index contributed by atoms with van der Waals surface area (Å²) in [6.45, 7) is 7.02. The Morgan fingerprint density at radius 2 is 1.93 bits per heavy atom. The van der Waals surface area contributed by atoms with Crippen molar-refractivity contribution in [3.63, 3.8) is 0 Å². The molecule has 1 aliphatic carbocycles. The van der Waals surface area contributed by atoms with Crippen molar-refractivity contribution in [1.82, 2.24) is 0 Å². The lowest BCUT2D eigenvalue weighted by Crippen LogP contribution is -2.26. The highest BCUT2D eigenvalue weighted by Gasteiger charge is 2.31. The van der Waals surface area contributed by atoms with Gasteiger partial charge in [0.05, 0.1) is 0 Å². The van der Waals surface area contributed by atoms with Crippen LogP contribution in [0.1, 0.15) is 59.3 Å². The van der Waals surface area contributed by atoms with E-state index in [0.717, 1.165) is 31.0 Å². The van der Waals surface area contributed by atoms with E-state index in [2.05, 4.69) is 20.8 Å². The molecule has 1 heteroatoms. The summed E-state index contributed by atoms with van der Waals surface area (Å²) in [6.07, 6.45) is 8.30. The number of hydrogen-bond acceptors (Lipinski definition) is 1. The van der Waals surface area contributed by atoms with Gasteiger partial charge < -0.3 is 4.79 Å². The summed E-state index contributed by atoms with van der Waals surface area (Å²) in [5, 5.41) is 0. The summed E-state index contributed by atoms with van der Waals surface area (Å²) >= 11 is 0. The number of hydrogen-bond donors (Lipinski definition) is 0. The van der Waals surface area contributed by atoms with Crippen LogP contribution in [0.15, 0.2) is 0 Å². The molecule has 0 amide bonds. The molecule has 0 spiro atoms.